The van der Waals surface area contributed by atoms with Crippen molar-refractivity contribution in [3.8, 4) is 0 Å². The summed E-state index contributed by atoms with van der Waals surface area (Å²) in [6.07, 6.45) is 3.76. The number of nitrogens with zero attached hydrogens (tertiary/aromatic N) is 1. The zero-order chi connectivity index (χ0) is 17.6. The van der Waals surface area contributed by atoms with Gasteiger partial charge in [-0.15, -0.1) is 11.3 Å². The fourth-order valence-electron chi connectivity index (χ4n) is 2.85. The number of hydrogen-bond donors (Lipinski definition) is 1. The molecular weight excluding hydrogens is 336 g/mol. The van der Waals surface area contributed by atoms with Crippen LogP contribution in [-0.4, -0.2) is 31.6 Å². The predicted molar refractivity (Wildman–Crippen MR) is 100 cm³/mol. The zero-order valence-electron chi connectivity index (χ0n) is 14.3. The molecule has 3 rings (SSSR count). The lowest BCUT2D eigenvalue weighted by Crippen LogP contribution is -2.29. The molecule has 0 saturated carbocycles. The normalized spacial score (nSPS) is 14.2. The molecular formula is C19H22N2O3S. The van der Waals surface area contributed by atoms with Crippen molar-refractivity contribution in [2.45, 2.75) is 26.2 Å². The molecule has 1 saturated heterocycles. The van der Waals surface area contributed by atoms with Gasteiger partial charge in [0, 0.05) is 29.3 Å². The fourth-order valence-corrected chi connectivity index (χ4v) is 3.61. The van der Waals surface area contributed by atoms with Gasteiger partial charge in [0.1, 0.15) is 4.88 Å². The number of aryl methyl sites for hydroxylation is 1. The van der Waals surface area contributed by atoms with E-state index in [1.807, 2.05) is 37.3 Å². The third-order valence-electron chi connectivity index (χ3n) is 4.15. The van der Waals surface area contributed by atoms with Crippen molar-refractivity contribution in [2.24, 2.45) is 0 Å². The summed E-state index contributed by atoms with van der Waals surface area (Å²) in [5.41, 5.74) is 1.88. The summed E-state index contributed by atoms with van der Waals surface area (Å²) in [5, 5.41) is 2.75. The van der Waals surface area contributed by atoms with Crippen LogP contribution in [0.15, 0.2) is 36.4 Å². The Morgan fingerprint density at radius 3 is 2.44 bits per heavy atom. The van der Waals surface area contributed by atoms with Gasteiger partial charge in [0.15, 0.2) is 6.61 Å². The van der Waals surface area contributed by atoms with Crippen molar-refractivity contribution < 1.29 is 14.3 Å². The Labute approximate surface area is 151 Å². The molecule has 0 spiro atoms. The van der Waals surface area contributed by atoms with Crippen LogP contribution in [0, 0.1) is 6.92 Å². The molecule has 2 heterocycles. The first-order valence-corrected chi connectivity index (χ1v) is 9.32. The Morgan fingerprint density at radius 2 is 1.80 bits per heavy atom. The second-order valence-corrected chi connectivity index (χ2v) is 7.42. The van der Waals surface area contributed by atoms with Gasteiger partial charge in [-0.2, -0.15) is 0 Å². The molecule has 5 nitrogen and oxygen atoms in total. The molecule has 132 valence electrons. The number of hydrogen-bond acceptors (Lipinski definition) is 5. The van der Waals surface area contributed by atoms with E-state index in [-0.39, 0.29) is 12.5 Å². The summed E-state index contributed by atoms with van der Waals surface area (Å²) < 4.78 is 5.05. The molecule has 25 heavy (non-hydrogen) atoms. The average Bonchev–Trinajstić information content (AvgIpc) is 3.08. The lowest BCUT2D eigenvalue weighted by Gasteiger charge is -2.28. The molecule has 1 aromatic heterocycles. The lowest BCUT2D eigenvalue weighted by molar-refractivity contribution is -0.119. The first-order valence-electron chi connectivity index (χ1n) is 8.50. The van der Waals surface area contributed by atoms with Gasteiger partial charge < -0.3 is 15.0 Å². The van der Waals surface area contributed by atoms with Gasteiger partial charge in [0.25, 0.3) is 5.91 Å². The molecule has 0 aliphatic carbocycles. The van der Waals surface area contributed by atoms with E-state index >= 15 is 0 Å². The average molecular weight is 358 g/mol. The maximum atomic E-state index is 11.9. The molecule has 0 bridgehead atoms. The van der Waals surface area contributed by atoms with Gasteiger partial charge in [-0.05, 0) is 62.6 Å². The number of carbonyl (C=O) groups excluding carboxylic acids is 2. The van der Waals surface area contributed by atoms with Crippen LogP contribution in [0.3, 0.4) is 0 Å². The van der Waals surface area contributed by atoms with E-state index < -0.39 is 5.97 Å². The molecule has 6 heteroatoms. The number of rotatable bonds is 5. The maximum absolute atomic E-state index is 11.9. The number of esters is 1. The van der Waals surface area contributed by atoms with E-state index in [9.17, 15) is 9.59 Å². The number of carbonyl (C=O) groups is 2. The van der Waals surface area contributed by atoms with Crippen LogP contribution in [0.1, 0.15) is 33.8 Å². The highest BCUT2D eigenvalue weighted by Gasteiger charge is 2.13. The number of piperidine rings is 1. The van der Waals surface area contributed by atoms with Gasteiger partial charge in [-0.25, -0.2) is 4.79 Å². The predicted octanol–water partition coefficient (Wildman–Crippen LogP) is 3.84. The molecule has 0 atom stereocenters. The van der Waals surface area contributed by atoms with Crippen molar-refractivity contribution in [1.82, 2.24) is 0 Å². The van der Waals surface area contributed by atoms with E-state index in [2.05, 4.69) is 10.2 Å². The molecule has 0 radical (unpaired) electrons. The fraction of sp³-hybridized carbons (Fsp3) is 0.368. The number of ether oxygens (including phenoxy) is 1. The number of amides is 1. The van der Waals surface area contributed by atoms with E-state index in [0.29, 0.717) is 10.6 Å². The quantitative estimate of drug-likeness (QED) is 0.825. The van der Waals surface area contributed by atoms with Gasteiger partial charge in [0.2, 0.25) is 0 Å². The van der Waals surface area contributed by atoms with E-state index in [1.54, 1.807) is 6.07 Å². The smallest absolute Gasteiger partial charge is 0.348 e. The number of anilines is 2. The summed E-state index contributed by atoms with van der Waals surface area (Å²) in [5.74, 6) is -0.805. The SMILES string of the molecule is Cc1ccc(C(=O)OCC(=O)Nc2ccc(N3CCCCC3)cc2)s1. The highest BCUT2D eigenvalue weighted by Crippen LogP contribution is 2.22. The van der Waals surface area contributed by atoms with Crippen LogP contribution in [0.4, 0.5) is 11.4 Å². The van der Waals surface area contributed by atoms with Gasteiger partial charge >= 0.3 is 5.97 Å². The van der Waals surface area contributed by atoms with Crippen molar-refractivity contribution in [1.29, 1.82) is 0 Å². The summed E-state index contributed by atoms with van der Waals surface area (Å²) >= 11 is 1.36. The molecule has 1 aromatic carbocycles. The Bertz CT molecular complexity index is 733. The van der Waals surface area contributed by atoms with Gasteiger partial charge in [-0.3, -0.25) is 4.79 Å². The van der Waals surface area contributed by atoms with Crippen LogP contribution in [0.25, 0.3) is 0 Å². The Kier molecular flexibility index (Phi) is 5.71. The second-order valence-electron chi connectivity index (χ2n) is 6.13. The highest BCUT2D eigenvalue weighted by molar-refractivity contribution is 7.13. The van der Waals surface area contributed by atoms with E-state index in [1.165, 1.54) is 36.3 Å². The second kappa shape index (κ2) is 8.16. The van der Waals surface area contributed by atoms with Crippen molar-refractivity contribution in [3.05, 3.63) is 46.2 Å². The Morgan fingerprint density at radius 1 is 1.08 bits per heavy atom. The van der Waals surface area contributed by atoms with E-state index in [4.69, 9.17) is 4.74 Å². The number of nitrogens with one attached hydrogen (secondary N) is 1. The lowest BCUT2D eigenvalue weighted by atomic mass is 10.1. The zero-order valence-corrected chi connectivity index (χ0v) is 15.1. The molecule has 2 aromatic rings. The molecule has 1 aliphatic rings. The van der Waals surface area contributed by atoms with Crippen LogP contribution >= 0.6 is 11.3 Å². The van der Waals surface area contributed by atoms with E-state index in [0.717, 1.165) is 18.0 Å². The van der Waals surface area contributed by atoms with Crippen molar-refractivity contribution in [2.75, 3.05) is 29.9 Å². The number of thiophene rings is 1. The van der Waals surface area contributed by atoms with Crippen molar-refractivity contribution in [3.63, 3.8) is 0 Å². The Hall–Kier alpha value is -2.34. The molecule has 1 amide bonds. The summed E-state index contributed by atoms with van der Waals surface area (Å²) in [6, 6.07) is 11.4. The van der Waals surface area contributed by atoms with Crippen LogP contribution in [0.2, 0.25) is 0 Å². The Balaban J connectivity index is 1.48. The molecule has 1 fully saturated rings. The highest BCUT2D eigenvalue weighted by atomic mass is 32.1. The minimum Gasteiger partial charge on any atom is -0.451 e. The molecule has 0 unspecified atom stereocenters. The van der Waals surface area contributed by atoms with Crippen LogP contribution in [-0.2, 0) is 9.53 Å². The largest absolute Gasteiger partial charge is 0.451 e. The standard InChI is InChI=1S/C19H22N2O3S/c1-14-5-10-17(25-14)19(23)24-13-18(22)20-15-6-8-16(9-7-15)21-11-3-2-4-12-21/h5-10H,2-4,11-13H2,1H3,(H,20,22). The minimum atomic E-state index is -0.464. The topological polar surface area (TPSA) is 58.6 Å². The van der Waals surface area contributed by atoms with Gasteiger partial charge in [0.05, 0.1) is 0 Å². The maximum Gasteiger partial charge on any atom is 0.348 e. The van der Waals surface area contributed by atoms with Crippen LogP contribution < -0.4 is 10.2 Å². The molecule has 1 N–H and O–H groups in total. The molecule has 1 aliphatic heterocycles. The first-order chi connectivity index (χ1) is 12.1. The summed E-state index contributed by atoms with van der Waals surface area (Å²) in [7, 11) is 0. The van der Waals surface area contributed by atoms with Crippen molar-refractivity contribution >= 4 is 34.6 Å². The third kappa shape index (κ3) is 4.82. The van der Waals surface area contributed by atoms with Gasteiger partial charge in [-0.1, -0.05) is 0 Å². The minimum absolute atomic E-state index is 0.288. The summed E-state index contributed by atoms with van der Waals surface area (Å²) in [4.78, 5) is 27.7. The third-order valence-corrected chi connectivity index (χ3v) is 5.13. The summed E-state index contributed by atoms with van der Waals surface area (Å²) in [6.45, 7) is 3.80. The number of benzene rings is 1. The van der Waals surface area contributed by atoms with Crippen LogP contribution in [0.5, 0.6) is 0 Å². The first kappa shape index (κ1) is 17.5. The monoisotopic (exact) mass is 358 g/mol.